The smallest absolute Gasteiger partial charge is 0.243 e. The Labute approximate surface area is 177 Å². The van der Waals surface area contributed by atoms with E-state index in [4.69, 9.17) is 0 Å². The number of carbonyl (C=O) groups is 1. The Balaban J connectivity index is 0.00000182. The molecule has 0 radical (unpaired) electrons. The molecule has 1 atom stereocenters. The molecule has 1 aromatic carbocycles. The van der Waals surface area contributed by atoms with Crippen LogP contribution in [0.3, 0.4) is 0 Å². The predicted octanol–water partition coefficient (Wildman–Crippen LogP) is 1.46. The molecule has 2 fully saturated rings. The minimum Gasteiger partial charge on any atom is -0.325 e. The lowest BCUT2D eigenvalue weighted by atomic mass is 10.2. The third kappa shape index (κ3) is 5.96. The van der Waals surface area contributed by atoms with E-state index in [1.54, 1.807) is 36.0 Å². The van der Waals surface area contributed by atoms with Crippen LogP contribution in [-0.2, 0) is 14.8 Å². The predicted molar refractivity (Wildman–Crippen MR) is 115 cm³/mol. The first-order chi connectivity index (χ1) is 12.0. The van der Waals surface area contributed by atoms with Gasteiger partial charge in [0.2, 0.25) is 15.9 Å². The van der Waals surface area contributed by atoms with Gasteiger partial charge in [-0.1, -0.05) is 13.0 Å². The lowest BCUT2D eigenvalue weighted by Crippen LogP contribution is -2.48. The zero-order chi connectivity index (χ0) is 17.9. The number of nitrogens with zero attached hydrogens (tertiary/aromatic N) is 2. The maximum absolute atomic E-state index is 12.9. The summed E-state index contributed by atoms with van der Waals surface area (Å²) < 4.78 is 27.2. The molecule has 0 aliphatic carbocycles. The number of likely N-dealkylation sites (N-methyl/N-ethyl adjacent to an activating group) is 1. The van der Waals surface area contributed by atoms with Crippen LogP contribution in [0.15, 0.2) is 29.2 Å². The lowest BCUT2D eigenvalue weighted by Gasteiger charge is -2.33. The largest absolute Gasteiger partial charge is 0.325 e. The fourth-order valence-corrected chi connectivity index (χ4v) is 5.37. The molecule has 2 heterocycles. The molecule has 0 saturated carbocycles. The summed E-state index contributed by atoms with van der Waals surface area (Å²) in [6.07, 6.45) is 0. The Bertz CT molecular complexity index is 722. The molecule has 1 unspecified atom stereocenters. The summed E-state index contributed by atoms with van der Waals surface area (Å²) in [5.74, 6) is 1.36. The Morgan fingerprint density at radius 1 is 1.26 bits per heavy atom. The Morgan fingerprint density at radius 2 is 1.96 bits per heavy atom. The van der Waals surface area contributed by atoms with Crippen molar-refractivity contribution in [3.8, 4) is 0 Å². The van der Waals surface area contributed by atoms with Gasteiger partial charge in [-0.25, -0.2) is 8.42 Å². The van der Waals surface area contributed by atoms with Gasteiger partial charge in [-0.05, 0) is 24.7 Å². The molecule has 2 aliphatic heterocycles. The van der Waals surface area contributed by atoms with Crippen LogP contribution in [0.25, 0.3) is 0 Å². The van der Waals surface area contributed by atoms with Gasteiger partial charge in [-0.3, -0.25) is 10.1 Å². The zero-order valence-electron chi connectivity index (χ0n) is 15.1. The number of anilines is 1. The number of thioether (sulfide) groups is 1. The zero-order valence-corrected chi connectivity index (χ0v) is 18.4. The van der Waals surface area contributed by atoms with Gasteiger partial charge in [0.25, 0.3) is 0 Å². The number of sulfonamides is 1. The van der Waals surface area contributed by atoms with Crippen LogP contribution in [0.1, 0.15) is 6.92 Å². The molecule has 2 N–H and O–H groups in total. The van der Waals surface area contributed by atoms with E-state index in [9.17, 15) is 13.2 Å². The average molecular weight is 457 g/mol. The molecule has 0 spiro atoms. The van der Waals surface area contributed by atoms with Gasteiger partial charge in [0.1, 0.15) is 0 Å². The highest BCUT2D eigenvalue weighted by atomic mass is 35.5. The van der Waals surface area contributed by atoms with E-state index >= 15 is 0 Å². The first-order valence-corrected chi connectivity index (χ1v) is 11.0. The fraction of sp³-hybridized carbons (Fsp3) is 0.562. The minimum absolute atomic E-state index is 0. The summed E-state index contributed by atoms with van der Waals surface area (Å²) >= 11 is 1.67. The molecule has 7 nitrogen and oxygen atoms in total. The minimum atomic E-state index is -3.54. The number of nitrogens with one attached hydrogen (secondary N) is 2. The van der Waals surface area contributed by atoms with Gasteiger partial charge in [0.05, 0.1) is 10.9 Å². The van der Waals surface area contributed by atoms with Crippen LogP contribution >= 0.6 is 36.6 Å². The highest BCUT2D eigenvalue weighted by Gasteiger charge is 2.28. The number of halogens is 2. The molecule has 27 heavy (non-hydrogen) atoms. The summed E-state index contributed by atoms with van der Waals surface area (Å²) in [4.78, 5) is 14.7. The van der Waals surface area contributed by atoms with E-state index in [2.05, 4.69) is 22.5 Å². The second-order valence-electron chi connectivity index (χ2n) is 6.13. The third-order valence-electron chi connectivity index (χ3n) is 4.55. The fourth-order valence-electron chi connectivity index (χ4n) is 2.96. The summed E-state index contributed by atoms with van der Waals surface area (Å²) in [7, 11) is -3.54. The van der Waals surface area contributed by atoms with Gasteiger partial charge in [-0.2, -0.15) is 4.31 Å². The summed E-state index contributed by atoms with van der Waals surface area (Å²) in [5, 5.41) is 5.91. The molecule has 0 aromatic heterocycles. The third-order valence-corrected chi connectivity index (χ3v) is 7.39. The summed E-state index contributed by atoms with van der Waals surface area (Å²) in [6.45, 7) is 5.50. The monoisotopic (exact) mass is 456 g/mol. The van der Waals surface area contributed by atoms with Gasteiger partial charge in [0.15, 0.2) is 0 Å². The lowest BCUT2D eigenvalue weighted by molar-refractivity contribution is -0.117. The molecular formula is C16H26Cl2N4O3S2. The van der Waals surface area contributed by atoms with Crippen LogP contribution in [-0.4, -0.2) is 73.9 Å². The topological polar surface area (TPSA) is 81.8 Å². The first kappa shape index (κ1) is 24.5. The molecule has 1 amide bonds. The van der Waals surface area contributed by atoms with Crippen LogP contribution in [0.5, 0.6) is 0 Å². The number of carbonyl (C=O) groups excluding carboxylic acids is 1. The standard InChI is InChI=1S/C16H24N4O3S2.2ClH/c1-2-19-6-8-20(9-7-19)25(22,23)14-5-3-4-13(10-14)18-16(21)15-11-24-12-17-15;;/h3-5,10,15,17H,2,6-9,11-12H2,1H3,(H,18,21);2*1H. The van der Waals surface area contributed by atoms with E-state index < -0.39 is 10.0 Å². The molecule has 2 aliphatic rings. The van der Waals surface area contributed by atoms with Gasteiger partial charge in [-0.15, -0.1) is 36.6 Å². The van der Waals surface area contributed by atoms with Crippen LogP contribution < -0.4 is 10.6 Å². The molecule has 154 valence electrons. The van der Waals surface area contributed by atoms with Crippen molar-refractivity contribution < 1.29 is 13.2 Å². The van der Waals surface area contributed by atoms with E-state index in [-0.39, 0.29) is 41.7 Å². The van der Waals surface area contributed by atoms with Gasteiger partial charge >= 0.3 is 0 Å². The molecule has 2 saturated heterocycles. The van der Waals surface area contributed by atoms with E-state index in [0.717, 1.165) is 31.3 Å². The van der Waals surface area contributed by atoms with E-state index in [1.165, 1.54) is 4.31 Å². The summed E-state index contributed by atoms with van der Waals surface area (Å²) in [5.41, 5.74) is 0.511. The normalized spacial score (nSPS) is 21.1. The second-order valence-corrected chi connectivity index (χ2v) is 9.10. The quantitative estimate of drug-likeness (QED) is 0.697. The second kappa shape index (κ2) is 10.8. The van der Waals surface area contributed by atoms with Crippen LogP contribution in [0.4, 0.5) is 5.69 Å². The van der Waals surface area contributed by atoms with Crippen molar-refractivity contribution in [1.29, 1.82) is 0 Å². The van der Waals surface area contributed by atoms with Crippen molar-refractivity contribution in [1.82, 2.24) is 14.5 Å². The number of amides is 1. The van der Waals surface area contributed by atoms with Crippen LogP contribution in [0.2, 0.25) is 0 Å². The molecule has 0 bridgehead atoms. The van der Waals surface area contributed by atoms with Crippen molar-refractivity contribution in [2.75, 3.05) is 49.7 Å². The highest BCUT2D eigenvalue weighted by Crippen LogP contribution is 2.21. The molecular weight excluding hydrogens is 431 g/mol. The SMILES string of the molecule is CCN1CCN(S(=O)(=O)c2cccc(NC(=O)C3CSCN3)c2)CC1.Cl.Cl. The first-order valence-electron chi connectivity index (χ1n) is 8.45. The Kier molecular flexibility index (Phi) is 9.84. The van der Waals surface area contributed by atoms with Crippen molar-refractivity contribution in [2.24, 2.45) is 0 Å². The van der Waals surface area contributed by atoms with E-state index in [1.807, 2.05) is 0 Å². The number of piperazine rings is 1. The number of hydrogen-bond donors (Lipinski definition) is 2. The number of benzene rings is 1. The maximum atomic E-state index is 12.9. The van der Waals surface area contributed by atoms with Crippen molar-refractivity contribution >= 4 is 58.2 Å². The Morgan fingerprint density at radius 3 is 2.56 bits per heavy atom. The van der Waals surface area contributed by atoms with Gasteiger partial charge < -0.3 is 10.2 Å². The highest BCUT2D eigenvalue weighted by molar-refractivity contribution is 7.99. The molecule has 1 aromatic rings. The molecule has 3 rings (SSSR count). The average Bonchev–Trinajstić information content (AvgIpc) is 3.17. The summed E-state index contributed by atoms with van der Waals surface area (Å²) in [6, 6.07) is 6.28. The van der Waals surface area contributed by atoms with Crippen LogP contribution in [0, 0.1) is 0 Å². The maximum Gasteiger partial charge on any atom is 0.243 e. The van der Waals surface area contributed by atoms with Gasteiger partial charge in [0, 0.05) is 43.5 Å². The van der Waals surface area contributed by atoms with Crippen molar-refractivity contribution in [2.45, 2.75) is 17.9 Å². The number of rotatable bonds is 5. The molecule has 11 heteroatoms. The van der Waals surface area contributed by atoms with E-state index in [0.29, 0.717) is 18.8 Å². The van der Waals surface area contributed by atoms with Crippen molar-refractivity contribution in [3.63, 3.8) is 0 Å². The Hall–Kier alpha value is -0.550. The number of hydrogen-bond acceptors (Lipinski definition) is 6. The van der Waals surface area contributed by atoms with Crippen molar-refractivity contribution in [3.05, 3.63) is 24.3 Å².